The molecule has 5 nitrogen and oxygen atoms in total. The van der Waals surface area contributed by atoms with Gasteiger partial charge in [-0.25, -0.2) is 9.97 Å². The molecule has 1 fully saturated rings. The molecule has 0 atom stereocenters. The molecule has 0 radical (unpaired) electrons. The van der Waals surface area contributed by atoms with Crippen LogP contribution in [0.25, 0.3) is 0 Å². The van der Waals surface area contributed by atoms with Crippen molar-refractivity contribution in [2.45, 2.75) is 33.1 Å². The molecule has 3 rings (SSSR count). The van der Waals surface area contributed by atoms with Gasteiger partial charge < -0.3 is 9.80 Å². The van der Waals surface area contributed by atoms with Crippen molar-refractivity contribution >= 4 is 23.1 Å². The molecule has 1 aliphatic rings. The van der Waals surface area contributed by atoms with Gasteiger partial charge in [-0.2, -0.15) is 0 Å². The van der Waals surface area contributed by atoms with Crippen LogP contribution in [0.5, 0.6) is 0 Å². The topological polar surface area (TPSA) is 49.3 Å². The largest absolute Gasteiger partial charge is 0.353 e. The average molecular weight is 344 g/mol. The fraction of sp³-hybridized carbons (Fsp3) is 0.500. The summed E-state index contributed by atoms with van der Waals surface area (Å²) in [6.07, 6.45) is 4.91. The molecule has 128 valence electrons. The van der Waals surface area contributed by atoms with Gasteiger partial charge in [-0.05, 0) is 31.9 Å². The van der Waals surface area contributed by atoms with Crippen molar-refractivity contribution < 1.29 is 4.79 Å². The molecule has 0 spiro atoms. The summed E-state index contributed by atoms with van der Waals surface area (Å²) in [4.78, 5) is 26.9. The van der Waals surface area contributed by atoms with Crippen LogP contribution in [0.2, 0.25) is 0 Å². The van der Waals surface area contributed by atoms with Crippen molar-refractivity contribution in [3.05, 3.63) is 40.0 Å². The third-order valence-corrected chi connectivity index (χ3v) is 5.31. The smallest absolute Gasteiger partial charge is 0.265 e. The maximum Gasteiger partial charge on any atom is 0.265 e. The third-order valence-electron chi connectivity index (χ3n) is 4.31. The molecular weight excluding hydrogens is 320 g/mol. The predicted molar refractivity (Wildman–Crippen MR) is 97.8 cm³/mol. The molecule has 0 unspecified atom stereocenters. The summed E-state index contributed by atoms with van der Waals surface area (Å²) < 4.78 is 0. The van der Waals surface area contributed by atoms with Crippen molar-refractivity contribution in [1.82, 2.24) is 14.9 Å². The molecule has 1 aliphatic heterocycles. The van der Waals surface area contributed by atoms with E-state index in [-0.39, 0.29) is 5.91 Å². The van der Waals surface area contributed by atoms with E-state index in [1.54, 1.807) is 0 Å². The fourth-order valence-electron chi connectivity index (χ4n) is 2.97. The number of hydrogen-bond acceptors (Lipinski definition) is 5. The SMILES string of the molecule is CCCCc1nc(C)sc1C(=O)N1CCN(c2ccccn2)CC1. The van der Waals surface area contributed by atoms with Crippen LogP contribution >= 0.6 is 11.3 Å². The van der Waals surface area contributed by atoms with Crippen LogP contribution in [0.1, 0.15) is 40.1 Å². The number of thiazole rings is 1. The van der Waals surface area contributed by atoms with Gasteiger partial charge in [-0.1, -0.05) is 19.4 Å². The van der Waals surface area contributed by atoms with Gasteiger partial charge in [-0.15, -0.1) is 11.3 Å². The first kappa shape index (κ1) is 16.9. The lowest BCUT2D eigenvalue weighted by atomic mass is 10.1. The first-order valence-corrected chi connectivity index (χ1v) is 9.42. The summed E-state index contributed by atoms with van der Waals surface area (Å²) in [6.45, 7) is 7.27. The van der Waals surface area contributed by atoms with Crippen LogP contribution in [0, 0.1) is 6.92 Å². The van der Waals surface area contributed by atoms with Crippen molar-refractivity contribution in [2.24, 2.45) is 0 Å². The summed E-state index contributed by atoms with van der Waals surface area (Å²) >= 11 is 1.54. The molecule has 0 saturated carbocycles. The minimum Gasteiger partial charge on any atom is -0.353 e. The highest BCUT2D eigenvalue weighted by molar-refractivity contribution is 7.13. The number of aromatic nitrogens is 2. The zero-order valence-electron chi connectivity index (χ0n) is 14.4. The highest BCUT2D eigenvalue weighted by Gasteiger charge is 2.26. The minimum absolute atomic E-state index is 0.146. The lowest BCUT2D eigenvalue weighted by Gasteiger charge is -2.35. The van der Waals surface area contributed by atoms with Gasteiger partial charge in [0.25, 0.3) is 5.91 Å². The number of anilines is 1. The summed E-state index contributed by atoms with van der Waals surface area (Å²) in [5, 5.41) is 0.983. The molecular formula is C18H24N4OS. The monoisotopic (exact) mass is 344 g/mol. The third kappa shape index (κ3) is 3.75. The van der Waals surface area contributed by atoms with E-state index in [1.165, 1.54) is 11.3 Å². The first-order valence-electron chi connectivity index (χ1n) is 8.60. The van der Waals surface area contributed by atoms with Crippen molar-refractivity contribution in [3.63, 3.8) is 0 Å². The second-order valence-electron chi connectivity index (χ2n) is 6.08. The van der Waals surface area contributed by atoms with Crippen LogP contribution in [0.4, 0.5) is 5.82 Å². The Morgan fingerprint density at radius 1 is 1.25 bits per heavy atom. The van der Waals surface area contributed by atoms with E-state index in [1.807, 2.05) is 36.2 Å². The standard InChI is InChI=1S/C18H24N4OS/c1-3-4-7-15-17(24-14(2)20-15)18(23)22-12-10-21(11-13-22)16-8-5-6-9-19-16/h5-6,8-9H,3-4,7,10-13H2,1-2H3. The number of carbonyl (C=O) groups excluding carboxylic acids is 1. The highest BCUT2D eigenvalue weighted by Crippen LogP contribution is 2.23. The summed E-state index contributed by atoms with van der Waals surface area (Å²) in [6, 6.07) is 5.94. The Kier molecular flexibility index (Phi) is 5.45. The summed E-state index contributed by atoms with van der Waals surface area (Å²) in [5.41, 5.74) is 0.983. The Balaban J connectivity index is 1.65. The lowest BCUT2D eigenvalue weighted by Crippen LogP contribution is -2.49. The second kappa shape index (κ2) is 7.75. The Hall–Kier alpha value is -1.95. The Bertz CT molecular complexity index is 678. The number of aryl methyl sites for hydroxylation is 2. The zero-order valence-corrected chi connectivity index (χ0v) is 15.2. The number of carbonyl (C=O) groups is 1. The van der Waals surface area contributed by atoms with Crippen LogP contribution in [0.3, 0.4) is 0 Å². The predicted octanol–water partition coefficient (Wildman–Crippen LogP) is 3.15. The summed E-state index contributed by atoms with van der Waals surface area (Å²) in [7, 11) is 0. The van der Waals surface area contributed by atoms with Gasteiger partial charge in [0.05, 0.1) is 10.7 Å². The number of unbranched alkanes of at least 4 members (excludes halogenated alkanes) is 1. The van der Waals surface area contributed by atoms with Crippen LogP contribution in [0.15, 0.2) is 24.4 Å². The molecule has 2 aromatic heterocycles. The number of nitrogens with zero attached hydrogens (tertiary/aromatic N) is 4. The van der Waals surface area contributed by atoms with Crippen LogP contribution in [-0.4, -0.2) is 47.0 Å². The number of piperazine rings is 1. The first-order chi connectivity index (χ1) is 11.7. The number of rotatable bonds is 5. The van der Waals surface area contributed by atoms with Gasteiger partial charge in [0.2, 0.25) is 0 Å². The van der Waals surface area contributed by atoms with E-state index in [0.717, 1.165) is 66.8 Å². The Labute approximate surface area is 147 Å². The van der Waals surface area contributed by atoms with Gasteiger partial charge in [0, 0.05) is 32.4 Å². The van der Waals surface area contributed by atoms with Crippen molar-refractivity contribution in [3.8, 4) is 0 Å². The Morgan fingerprint density at radius 3 is 2.71 bits per heavy atom. The van der Waals surface area contributed by atoms with Gasteiger partial charge in [0.1, 0.15) is 10.7 Å². The molecule has 0 aliphatic carbocycles. The highest BCUT2D eigenvalue weighted by atomic mass is 32.1. The average Bonchev–Trinajstić information content (AvgIpc) is 3.01. The fourth-order valence-corrected chi connectivity index (χ4v) is 3.91. The van der Waals surface area contributed by atoms with E-state index in [4.69, 9.17) is 0 Å². The van der Waals surface area contributed by atoms with E-state index in [9.17, 15) is 4.79 Å². The number of hydrogen-bond donors (Lipinski definition) is 0. The molecule has 2 aromatic rings. The quantitative estimate of drug-likeness (QED) is 0.836. The van der Waals surface area contributed by atoms with Crippen LogP contribution < -0.4 is 4.90 Å². The molecule has 0 aromatic carbocycles. The summed E-state index contributed by atoms with van der Waals surface area (Å²) in [5.74, 6) is 1.13. The molecule has 1 amide bonds. The van der Waals surface area contributed by atoms with E-state index < -0.39 is 0 Å². The molecule has 6 heteroatoms. The van der Waals surface area contributed by atoms with Gasteiger partial charge in [-0.3, -0.25) is 4.79 Å². The molecule has 0 bridgehead atoms. The van der Waals surface area contributed by atoms with Gasteiger partial charge in [0.15, 0.2) is 0 Å². The normalized spacial score (nSPS) is 14.9. The second-order valence-corrected chi connectivity index (χ2v) is 7.28. The molecule has 1 saturated heterocycles. The molecule has 0 N–H and O–H groups in total. The minimum atomic E-state index is 0.146. The van der Waals surface area contributed by atoms with Crippen LogP contribution in [-0.2, 0) is 6.42 Å². The van der Waals surface area contributed by atoms with E-state index >= 15 is 0 Å². The molecule has 3 heterocycles. The van der Waals surface area contributed by atoms with Gasteiger partial charge >= 0.3 is 0 Å². The van der Waals surface area contributed by atoms with Crippen molar-refractivity contribution in [2.75, 3.05) is 31.1 Å². The van der Waals surface area contributed by atoms with Crippen molar-refractivity contribution in [1.29, 1.82) is 0 Å². The Morgan fingerprint density at radius 2 is 2.04 bits per heavy atom. The lowest BCUT2D eigenvalue weighted by molar-refractivity contribution is 0.0750. The zero-order chi connectivity index (χ0) is 16.9. The van der Waals surface area contributed by atoms with E-state index in [0.29, 0.717) is 0 Å². The maximum absolute atomic E-state index is 12.9. The number of amides is 1. The van der Waals surface area contributed by atoms with E-state index in [2.05, 4.69) is 21.8 Å². The number of pyridine rings is 1. The molecule has 24 heavy (non-hydrogen) atoms. The maximum atomic E-state index is 12.9.